The number of esters is 1. The molecule has 2 saturated heterocycles. The van der Waals surface area contributed by atoms with Crippen molar-refractivity contribution in [2.24, 2.45) is 5.92 Å². The van der Waals surface area contributed by atoms with Crippen molar-refractivity contribution >= 4 is 5.97 Å². The lowest BCUT2D eigenvalue weighted by atomic mass is 9.80. The standard InChI is InChI=1S/C11H19NO2/c1-2-14-11(13)8-6-9-4-3-5-10(7-8)12-9/h8-10,12H,2-7H2,1H3. The van der Waals surface area contributed by atoms with Crippen molar-refractivity contribution in [2.45, 2.75) is 51.1 Å². The Morgan fingerprint density at radius 3 is 2.57 bits per heavy atom. The van der Waals surface area contributed by atoms with E-state index in [0.717, 1.165) is 12.8 Å². The maximum absolute atomic E-state index is 11.6. The molecule has 1 N–H and O–H groups in total. The summed E-state index contributed by atoms with van der Waals surface area (Å²) in [6.45, 7) is 2.39. The summed E-state index contributed by atoms with van der Waals surface area (Å²) >= 11 is 0. The smallest absolute Gasteiger partial charge is 0.309 e. The molecule has 2 aliphatic rings. The number of carbonyl (C=O) groups is 1. The van der Waals surface area contributed by atoms with E-state index in [1.165, 1.54) is 19.3 Å². The first-order chi connectivity index (χ1) is 6.79. The first kappa shape index (κ1) is 9.97. The molecule has 80 valence electrons. The predicted molar refractivity (Wildman–Crippen MR) is 53.9 cm³/mol. The lowest BCUT2D eigenvalue weighted by Gasteiger charge is -2.39. The molecule has 2 aliphatic heterocycles. The Bertz CT molecular complexity index is 205. The van der Waals surface area contributed by atoms with Gasteiger partial charge in [-0.25, -0.2) is 0 Å². The van der Waals surface area contributed by atoms with E-state index >= 15 is 0 Å². The van der Waals surface area contributed by atoms with E-state index in [2.05, 4.69) is 5.32 Å². The Hall–Kier alpha value is -0.570. The molecule has 2 unspecified atom stereocenters. The van der Waals surface area contributed by atoms with Crippen molar-refractivity contribution in [3.8, 4) is 0 Å². The summed E-state index contributed by atoms with van der Waals surface area (Å²) in [7, 11) is 0. The Kier molecular flexibility index (Phi) is 3.06. The Labute approximate surface area is 85.2 Å². The van der Waals surface area contributed by atoms with E-state index in [4.69, 9.17) is 4.74 Å². The molecule has 0 amide bonds. The molecule has 2 heterocycles. The first-order valence-electron chi connectivity index (χ1n) is 5.72. The quantitative estimate of drug-likeness (QED) is 0.681. The number of hydrogen-bond donors (Lipinski definition) is 1. The second-order valence-corrected chi connectivity index (χ2v) is 4.41. The molecular weight excluding hydrogens is 178 g/mol. The van der Waals surface area contributed by atoms with Gasteiger partial charge in [-0.3, -0.25) is 4.79 Å². The van der Waals surface area contributed by atoms with Crippen LogP contribution in [0.15, 0.2) is 0 Å². The van der Waals surface area contributed by atoms with Gasteiger partial charge in [-0.05, 0) is 32.6 Å². The van der Waals surface area contributed by atoms with E-state index in [1.807, 2.05) is 6.92 Å². The van der Waals surface area contributed by atoms with E-state index in [1.54, 1.807) is 0 Å². The molecule has 14 heavy (non-hydrogen) atoms. The number of fused-ring (bicyclic) bond motifs is 2. The molecule has 0 spiro atoms. The van der Waals surface area contributed by atoms with Crippen molar-refractivity contribution in [1.82, 2.24) is 5.32 Å². The minimum Gasteiger partial charge on any atom is -0.466 e. The van der Waals surface area contributed by atoms with E-state index < -0.39 is 0 Å². The van der Waals surface area contributed by atoms with Crippen LogP contribution < -0.4 is 5.32 Å². The van der Waals surface area contributed by atoms with Crippen molar-refractivity contribution < 1.29 is 9.53 Å². The van der Waals surface area contributed by atoms with Crippen molar-refractivity contribution in [2.75, 3.05) is 6.61 Å². The van der Waals surface area contributed by atoms with Gasteiger partial charge in [0.15, 0.2) is 0 Å². The van der Waals surface area contributed by atoms with Gasteiger partial charge in [-0.1, -0.05) is 6.42 Å². The average Bonchev–Trinajstić information content (AvgIpc) is 2.17. The van der Waals surface area contributed by atoms with Gasteiger partial charge in [0.2, 0.25) is 0 Å². The Balaban J connectivity index is 1.91. The highest BCUT2D eigenvalue weighted by Crippen LogP contribution is 2.30. The lowest BCUT2D eigenvalue weighted by Crippen LogP contribution is -2.50. The summed E-state index contributed by atoms with van der Waals surface area (Å²) in [6.07, 6.45) is 5.74. The minimum absolute atomic E-state index is 0.0194. The highest BCUT2D eigenvalue weighted by atomic mass is 16.5. The van der Waals surface area contributed by atoms with Gasteiger partial charge < -0.3 is 10.1 Å². The van der Waals surface area contributed by atoms with Crippen LogP contribution in [-0.2, 0) is 9.53 Å². The van der Waals surface area contributed by atoms with Crippen LogP contribution in [0.3, 0.4) is 0 Å². The monoisotopic (exact) mass is 197 g/mol. The normalized spacial score (nSPS) is 36.5. The van der Waals surface area contributed by atoms with Gasteiger partial charge in [0.05, 0.1) is 12.5 Å². The third-order valence-electron chi connectivity index (χ3n) is 3.33. The molecular formula is C11H19NO2. The van der Waals surface area contributed by atoms with Gasteiger partial charge in [-0.15, -0.1) is 0 Å². The summed E-state index contributed by atoms with van der Waals surface area (Å²) < 4.78 is 5.08. The number of hydrogen-bond acceptors (Lipinski definition) is 3. The molecule has 0 aliphatic carbocycles. The van der Waals surface area contributed by atoms with Crippen LogP contribution >= 0.6 is 0 Å². The number of nitrogens with one attached hydrogen (secondary N) is 1. The zero-order chi connectivity index (χ0) is 9.97. The zero-order valence-electron chi connectivity index (χ0n) is 8.79. The summed E-state index contributed by atoms with van der Waals surface area (Å²) in [5.41, 5.74) is 0. The minimum atomic E-state index is 0.0194. The summed E-state index contributed by atoms with van der Waals surface area (Å²) in [5.74, 6) is 0.178. The Morgan fingerprint density at radius 2 is 2.00 bits per heavy atom. The van der Waals surface area contributed by atoms with Gasteiger partial charge in [-0.2, -0.15) is 0 Å². The van der Waals surface area contributed by atoms with Gasteiger partial charge in [0, 0.05) is 12.1 Å². The molecule has 0 aromatic rings. The Morgan fingerprint density at radius 1 is 1.36 bits per heavy atom. The third kappa shape index (κ3) is 2.08. The van der Waals surface area contributed by atoms with Gasteiger partial charge in [0.1, 0.15) is 0 Å². The van der Waals surface area contributed by atoms with E-state index in [9.17, 15) is 4.79 Å². The van der Waals surface area contributed by atoms with Crippen LogP contribution in [0.4, 0.5) is 0 Å². The second kappa shape index (κ2) is 4.30. The second-order valence-electron chi connectivity index (χ2n) is 4.41. The molecule has 0 aromatic heterocycles. The van der Waals surface area contributed by atoms with Crippen LogP contribution in [0.1, 0.15) is 39.0 Å². The fraction of sp³-hybridized carbons (Fsp3) is 0.909. The van der Waals surface area contributed by atoms with Crippen LogP contribution in [0.5, 0.6) is 0 Å². The van der Waals surface area contributed by atoms with Crippen LogP contribution in [0.2, 0.25) is 0 Å². The molecule has 3 heteroatoms. The summed E-state index contributed by atoms with van der Waals surface area (Å²) in [4.78, 5) is 11.6. The fourth-order valence-corrected chi connectivity index (χ4v) is 2.72. The highest BCUT2D eigenvalue weighted by Gasteiger charge is 2.35. The highest BCUT2D eigenvalue weighted by molar-refractivity contribution is 5.72. The topological polar surface area (TPSA) is 38.3 Å². The van der Waals surface area contributed by atoms with Crippen LogP contribution in [0.25, 0.3) is 0 Å². The van der Waals surface area contributed by atoms with Gasteiger partial charge in [0.25, 0.3) is 0 Å². The maximum Gasteiger partial charge on any atom is 0.309 e. The maximum atomic E-state index is 11.6. The molecule has 0 radical (unpaired) electrons. The third-order valence-corrected chi connectivity index (χ3v) is 3.33. The molecule has 2 atom stereocenters. The van der Waals surface area contributed by atoms with Crippen LogP contribution in [-0.4, -0.2) is 24.7 Å². The molecule has 2 rings (SSSR count). The molecule has 0 aromatic carbocycles. The number of carbonyl (C=O) groups excluding carboxylic acids is 1. The van der Waals surface area contributed by atoms with E-state index in [-0.39, 0.29) is 11.9 Å². The number of rotatable bonds is 2. The van der Waals surface area contributed by atoms with E-state index in [0.29, 0.717) is 18.7 Å². The number of ether oxygens (including phenoxy) is 1. The number of piperidine rings is 2. The fourth-order valence-electron chi connectivity index (χ4n) is 2.72. The van der Waals surface area contributed by atoms with Crippen LogP contribution in [0, 0.1) is 5.92 Å². The van der Waals surface area contributed by atoms with Crippen molar-refractivity contribution in [3.05, 3.63) is 0 Å². The summed E-state index contributed by atoms with van der Waals surface area (Å²) in [6, 6.07) is 1.13. The zero-order valence-corrected chi connectivity index (χ0v) is 8.79. The summed E-state index contributed by atoms with van der Waals surface area (Å²) in [5, 5.41) is 3.57. The molecule has 3 nitrogen and oxygen atoms in total. The molecule has 0 saturated carbocycles. The molecule has 2 fully saturated rings. The first-order valence-corrected chi connectivity index (χ1v) is 5.72. The van der Waals surface area contributed by atoms with Crippen molar-refractivity contribution in [1.29, 1.82) is 0 Å². The predicted octanol–water partition coefficient (Wildman–Crippen LogP) is 1.47. The average molecular weight is 197 g/mol. The van der Waals surface area contributed by atoms with Crippen molar-refractivity contribution in [3.63, 3.8) is 0 Å². The molecule has 2 bridgehead atoms. The lowest BCUT2D eigenvalue weighted by molar-refractivity contribution is -0.150. The largest absolute Gasteiger partial charge is 0.466 e. The SMILES string of the molecule is CCOC(=O)C1CC2CCCC(C1)N2. The van der Waals surface area contributed by atoms with Gasteiger partial charge >= 0.3 is 5.97 Å².